The highest BCUT2D eigenvalue weighted by Crippen LogP contribution is 2.41. The molecule has 13 heteroatoms. The monoisotopic (exact) mass is 684 g/mol. The van der Waals surface area contributed by atoms with Crippen LogP contribution in [0.25, 0.3) is 22.2 Å². The first kappa shape index (κ1) is 35.6. The normalized spacial score (nSPS) is 18.3. The van der Waals surface area contributed by atoms with Crippen LogP contribution in [0.15, 0.2) is 24.4 Å². The number of pyridine rings is 1. The lowest BCUT2D eigenvalue weighted by Gasteiger charge is -2.24. The second-order valence-corrected chi connectivity index (χ2v) is 20.7. The Balaban J connectivity index is 1.54. The molecule has 48 heavy (non-hydrogen) atoms. The maximum atomic E-state index is 15.0. The number of benzene rings is 1. The summed E-state index contributed by atoms with van der Waals surface area (Å²) in [5.74, 6) is -0.0919. The Labute approximate surface area is 282 Å². The molecule has 0 spiro atoms. The van der Waals surface area contributed by atoms with E-state index in [4.69, 9.17) is 18.9 Å². The number of carbonyl (C=O) groups is 2. The highest BCUT2D eigenvalue weighted by Gasteiger charge is 2.38. The molecule has 0 radical (unpaired) electrons. The van der Waals surface area contributed by atoms with Crippen LogP contribution in [-0.4, -0.2) is 90.8 Å². The van der Waals surface area contributed by atoms with Crippen LogP contribution < -0.4 is 14.8 Å². The van der Waals surface area contributed by atoms with Gasteiger partial charge in [-0.3, -0.25) is 9.78 Å². The number of hydrogen-bond acceptors (Lipinski definition) is 8. The fraction of sp³-hybridized carbons (Fsp3) is 0.571. The summed E-state index contributed by atoms with van der Waals surface area (Å²) in [6.07, 6.45) is 2.23. The first-order valence-electron chi connectivity index (χ1n) is 16.6. The van der Waals surface area contributed by atoms with Crippen molar-refractivity contribution in [1.29, 1.82) is 0 Å². The number of amides is 2. The summed E-state index contributed by atoms with van der Waals surface area (Å²) in [7, 11) is 0.0470. The van der Waals surface area contributed by atoms with Gasteiger partial charge in [-0.25, -0.2) is 9.18 Å². The number of aromatic nitrogens is 2. The molecule has 2 amide bonds. The minimum atomic E-state index is -1.37. The molecule has 2 fully saturated rings. The fourth-order valence-corrected chi connectivity index (χ4v) is 6.48. The van der Waals surface area contributed by atoms with Gasteiger partial charge < -0.3 is 38.8 Å². The average Bonchev–Trinajstić information content (AvgIpc) is 3.69. The number of hydrogen-bond donors (Lipinski definition) is 2. The number of fused-ring (bicyclic) bond motifs is 1. The van der Waals surface area contributed by atoms with Crippen molar-refractivity contribution in [2.45, 2.75) is 90.7 Å². The van der Waals surface area contributed by atoms with Gasteiger partial charge in [-0.1, -0.05) is 19.6 Å². The number of methoxy groups -OCH3 is 1. The van der Waals surface area contributed by atoms with Crippen LogP contribution in [0.2, 0.25) is 25.7 Å². The Kier molecular flexibility index (Phi) is 10.4. The molecule has 5 rings (SSSR count). The first-order valence-corrected chi connectivity index (χ1v) is 20.3. The molecule has 2 aliphatic rings. The molecule has 3 aromatic rings. The number of likely N-dealkylation sites (tertiary alicyclic amines) is 1. The zero-order valence-corrected chi connectivity index (χ0v) is 30.3. The molecular weight excluding hydrogens is 635 g/mol. The van der Waals surface area contributed by atoms with Crippen LogP contribution in [0.3, 0.4) is 0 Å². The van der Waals surface area contributed by atoms with Crippen LogP contribution in [0.5, 0.6) is 11.5 Å². The third-order valence-electron chi connectivity index (χ3n) is 8.61. The van der Waals surface area contributed by atoms with Crippen molar-refractivity contribution in [1.82, 2.24) is 19.8 Å². The standard InChI is InChI=1S/C35H49FN4O7Si/c1-21-30(33(42)38-26-17-39(18-27(26)41)34(43)47-35(2,3)4)31-32(40(21)20-45-13-14-48(6,7)8)23(11-12-37-31)24-15-29(44-5)25(36)16-28(24)46-19-22-9-10-22/h11-12,15-16,22,26-27,41H,9-10,13-14,17-20H2,1-8H3,(H,38,42)/t26-,27-/m1/s1. The van der Waals surface area contributed by atoms with E-state index in [0.29, 0.717) is 58.3 Å². The largest absolute Gasteiger partial charge is 0.494 e. The molecule has 11 nitrogen and oxygen atoms in total. The molecule has 0 bridgehead atoms. The lowest BCUT2D eigenvalue weighted by Crippen LogP contribution is -2.43. The van der Waals surface area contributed by atoms with E-state index in [1.807, 2.05) is 17.6 Å². The van der Waals surface area contributed by atoms with Crippen molar-refractivity contribution in [2.24, 2.45) is 5.92 Å². The van der Waals surface area contributed by atoms with E-state index in [9.17, 15) is 19.1 Å². The Hall–Kier alpha value is -3.68. The lowest BCUT2D eigenvalue weighted by molar-refractivity contribution is 0.0269. The Morgan fingerprint density at radius 1 is 1.12 bits per heavy atom. The zero-order valence-electron chi connectivity index (χ0n) is 29.3. The van der Waals surface area contributed by atoms with Crippen molar-refractivity contribution in [3.05, 3.63) is 41.5 Å². The third kappa shape index (κ3) is 8.30. The molecule has 1 saturated carbocycles. The predicted octanol–water partition coefficient (Wildman–Crippen LogP) is 5.97. The van der Waals surface area contributed by atoms with E-state index in [1.54, 1.807) is 33.0 Å². The van der Waals surface area contributed by atoms with E-state index in [0.717, 1.165) is 18.9 Å². The van der Waals surface area contributed by atoms with E-state index in [2.05, 4.69) is 29.9 Å². The maximum absolute atomic E-state index is 15.0. The Morgan fingerprint density at radius 2 is 1.85 bits per heavy atom. The van der Waals surface area contributed by atoms with Gasteiger partial charge in [0.1, 0.15) is 23.6 Å². The molecule has 1 aliphatic carbocycles. The van der Waals surface area contributed by atoms with Crippen LogP contribution in [0.1, 0.15) is 49.7 Å². The molecule has 262 valence electrons. The number of ether oxygens (including phenoxy) is 4. The van der Waals surface area contributed by atoms with Gasteiger partial charge in [0.2, 0.25) is 0 Å². The third-order valence-corrected chi connectivity index (χ3v) is 10.3. The number of nitrogens with one attached hydrogen (secondary N) is 1. The Bertz CT molecular complexity index is 1660. The maximum Gasteiger partial charge on any atom is 0.410 e. The van der Waals surface area contributed by atoms with Crippen molar-refractivity contribution in [3.8, 4) is 22.6 Å². The summed E-state index contributed by atoms with van der Waals surface area (Å²) in [6.45, 7) is 15.3. The van der Waals surface area contributed by atoms with Crippen molar-refractivity contribution in [2.75, 3.05) is 33.4 Å². The zero-order chi connectivity index (χ0) is 35.0. The predicted molar refractivity (Wildman–Crippen MR) is 184 cm³/mol. The molecule has 1 aromatic carbocycles. The van der Waals surface area contributed by atoms with Gasteiger partial charge in [0.25, 0.3) is 5.91 Å². The SMILES string of the molecule is COc1cc(-c2ccnc3c(C(=O)N[C@@H]4CN(C(=O)OC(C)(C)C)C[C@H]4O)c(C)n(COCC[Si](C)(C)C)c23)c(OCC2CC2)cc1F. The Morgan fingerprint density at radius 3 is 2.50 bits per heavy atom. The highest BCUT2D eigenvalue weighted by atomic mass is 28.3. The number of carbonyl (C=O) groups excluding carboxylic acids is 2. The summed E-state index contributed by atoms with van der Waals surface area (Å²) < 4.78 is 40.1. The van der Waals surface area contributed by atoms with E-state index < -0.39 is 43.6 Å². The number of aliphatic hydroxyl groups excluding tert-OH is 1. The second-order valence-electron chi connectivity index (χ2n) is 15.1. The van der Waals surface area contributed by atoms with Gasteiger partial charge >= 0.3 is 6.09 Å². The summed E-state index contributed by atoms with van der Waals surface area (Å²) in [5, 5.41) is 13.8. The van der Waals surface area contributed by atoms with Crippen molar-refractivity contribution < 1.29 is 38.0 Å². The molecular formula is C35H49FN4O7Si. The van der Waals surface area contributed by atoms with Gasteiger partial charge in [0.15, 0.2) is 11.6 Å². The van der Waals surface area contributed by atoms with Gasteiger partial charge in [0, 0.05) is 50.3 Å². The second kappa shape index (κ2) is 14.0. The fourth-order valence-electron chi connectivity index (χ4n) is 5.73. The number of halogens is 1. The number of β-amino-alcohol motifs (C(OH)–C–C–N with tert-alkyl or cyclic N) is 1. The van der Waals surface area contributed by atoms with E-state index in [1.165, 1.54) is 18.1 Å². The first-order chi connectivity index (χ1) is 22.6. The van der Waals surface area contributed by atoms with Gasteiger partial charge in [-0.05, 0) is 64.6 Å². The molecule has 2 atom stereocenters. The summed E-state index contributed by atoms with van der Waals surface area (Å²) >= 11 is 0. The smallest absolute Gasteiger partial charge is 0.410 e. The number of nitrogens with zero attached hydrogens (tertiary/aromatic N) is 3. The summed E-state index contributed by atoms with van der Waals surface area (Å²) in [4.78, 5) is 32.8. The van der Waals surface area contributed by atoms with Crippen molar-refractivity contribution in [3.63, 3.8) is 0 Å². The summed E-state index contributed by atoms with van der Waals surface area (Å²) in [6, 6.07) is 5.02. The highest BCUT2D eigenvalue weighted by molar-refractivity contribution is 6.76. The molecule has 3 heterocycles. The van der Waals surface area contributed by atoms with Crippen LogP contribution in [-0.2, 0) is 16.2 Å². The van der Waals surface area contributed by atoms with E-state index >= 15 is 0 Å². The minimum absolute atomic E-state index is 0.0317. The van der Waals surface area contributed by atoms with Gasteiger partial charge in [0.05, 0.1) is 43.5 Å². The van der Waals surface area contributed by atoms with Gasteiger partial charge in [-0.15, -0.1) is 0 Å². The van der Waals surface area contributed by atoms with Crippen LogP contribution in [0.4, 0.5) is 9.18 Å². The average molecular weight is 685 g/mol. The topological polar surface area (TPSA) is 124 Å². The number of rotatable bonds is 12. The quantitative estimate of drug-likeness (QED) is 0.177. The molecule has 0 unspecified atom stereocenters. The van der Waals surface area contributed by atoms with E-state index in [-0.39, 0.29) is 25.6 Å². The van der Waals surface area contributed by atoms with Crippen LogP contribution in [0, 0.1) is 18.7 Å². The van der Waals surface area contributed by atoms with Crippen LogP contribution >= 0.6 is 0 Å². The van der Waals surface area contributed by atoms with Gasteiger partial charge in [-0.2, -0.15) is 0 Å². The molecule has 1 saturated heterocycles. The molecule has 2 aromatic heterocycles. The minimum Gasteiger partial charge on any atom is -0.494 e. The lowest BCUT2D eigenvalue weighted by atomic mass is 10.0. The molecule has 2 N–H and O–H groups in total. The summed E-state index contributed by atoms with van der Waals surface area (Å²) in [5.41, 5.74) is 2.56. The number of aliphatic hydroxyl groups is 1. The molecule has 1 aliphatic heterocycles. The van der Waals surface area contributed by atoms with Crippen molar-refractivity contribution >= 4 is 31.1 Å².